The normalized spacial score (nSPS) is 32.3. The fourth-order valence-electron chi connectivity index (χ4n) is 2.87. The molecule has 0 saturated heterocycles. The molecule has 106 valence electrons. The molecule has 3 atom stereocenters. The van der Waals surface area contributed by atoms with E-state index < -0.39 is 11.7 Å². The summed E-state index contributed by atoms with van der Waals surface area (Å²) >= 11 is 0. The lowest BCUT2D eigenvalue weighted by molar-refractivity contribution is -0.137. The van der Waals surface area contributed by atoms with Crippen LogP contribution in [0.2, 0.25) is 0 Å². The van der Waals surface area contributed by atoms with Crippen molar-refractivity contribution in [3.63, 3.8) is 0 Å². The summed E-state index contributed by atoms with van der Waals surface area (Å²) in [7, 11) is 0. The van der Waals surface area contributed by atoms with Crippen LogP contribution in [0, 0.1) is 5.92 Å². The molecule has 0 aromatic heterocycles. The van der Waals surface area contributed by atoms with Gasteiger partial charge in [-0.15, -0.1) is 0 Å². The van der Waals surface area contributed by atoms with E-state index in [0.29, 0.717) is 5.92 Å². The quantitative estimate of drug-likeness (QED) is 0.808. The highest BCUT2D eigenvalue weighted by Crippen LogP contribution is 2.41. The van der Waals surface area contributed by atoms with E-state index in [1.807, 2.05) is 6.92 Å². The van der Waals surface area contributed by atoms with Crippen molar-refractivity contribution in [3.05, 3.63) is 35.4 Å². The summed E-state index contributed by atoms with van der Waals surface area (Å²) in [6.45, 7) is 4.11. The lowest BCUT2D eigenvalue weighted by atomic mass is 9.69. The number of nitrogens with two attached hydrogens (primary N) is 1. The van der Waals surface area contributed by atoms with Gasteiger partial charge in [0.25, 0.3) is 0 Å². The number of hydrogen-bond acceptors (Lipinski definition) is 1. The Morgan fingerprint density at radius 3 is 2.53 bits per heavy atom. The molecule has 0 amide bonds. The van der Waals surface area contributed by atoms with Crippen molar-refractivity contribution < 1.29 is 13.2 Å². The number of hydrogen-bond donors (Lipinski definition) is 1. The van der Waals surface area contributed by atoms with Crippen LogP contribution >= 0.6 is 0 Å². The Hall–Kier alpha value is -1.03. The van der Waals surface area contributed by atoms with Gasteiger partial charge in [0.2, 0.25) is 0 Å². The molecule has 19 heavy (non-hydrogen) atoms. The van der Waals surface area contributed by atoms with Gasteiger partial charge in [0.15, 0.2) is 0 Å². The van der Waals surface area contributed by atoms with Crippen LogP contribution in [-0.2, 0) is 6.18 Å². The Morgan fingerprint density at radius 2 is 1.95 bits per heavy atom. The second-order valence-corrected chi connectivity index (χ2v) is 6.01. The molecule has 0 bridgehead atoms. The van der Waals surface area contributed by atoms with Crippen LogP contribution in [0.25, 0.3) is 0 Å². The van der Waals surface area contributed by atoms with Gasteiger partial charge in [0.05, 0.1) is 5.56 Å². The monoisotopic (exact) mass is 271 g/mol. The maximum Gasteiger partial charge on any atom is 0.416 e. The topological polar surface area (TPSA) is 26.0 Å². The second kappa shape index (κ2) is 4.82. The lowest BCUT2D eigenvalue weighted by Crippen LogP contribution is -2.47. The molecule has 1 aromatic rings. The fourth-order valence-corrected chi connectivity index (χ4v) is 2.87. The zero-order valence-corrected chi connectivity index (χ0v) is 11.3. The number of alkyl halides is 3. The smallest absolute Gasteiger partial charge is 0.325 e. The molecule has 1 nitrogen and oxygen atoms in total. The van der Waals surface area contributed by atoms with E-state index in [1.54, 1.807) is 6.07 Å². The van der Waals surface area contributed by atoms with E-state index >= 15 is 0 Å². The molecular weight excluding hydrogens is 251 g/mol. The standard InChI is InChI=1S/C15H20F3N/c1-10-6-7-12(9-14(10,2)19)11-4-3-5-13(8-11)15(16,17)18/h3-5,8,10,12H,6-7,9,19H2,1-2H3. The number of benzene rings is 1. The Kier molecular flexibility index (Phi) is 3.65. The highest BCUT2D eigenvalue weighted by molar-refractivity contribution is 5.29. The van der Waals surface area contributed by atoms with E-state index in [9.17, 15) is 13.2 Å². The van der Waals surface area contributed by atoms with Gasteiger partial charge in [-0.25, -0.2) is 0 Å². The van der Waals surface area contributed by atoms with Crippen molar-refractivity contribution >= 4 is 0 Å². The van der Waals surface area contributed by atoms with Crippen molar-refractivity contribution in [1.29, 1.82) is 0 Å². The highest BCUT2D eigenvalue weighted by Gasteiger charge is 2.36. The van der Waals surface area contributed by atoms with E-state index in [2.05, 4.69) is 6.92 Å². The summed E-state index contributed by atoms with van der Waals surface area (Å²) < 4.78 is 38.2. The van der Waals surface area contributed by atoms with Crippen LogP contribution in [0.4, 0.5) is 13.2 Å². The van der Waals surface area contributed by atoms with Crippen LogP contribution in [-0.4, -0.2) is 5.54 Å². The SMILES string of the molecule is CC1CCC(c2cccc(C(F)(F)F)c2)CC1(C)N. The van der Waals surface area contributed by atoms with Crippen LogP contribution in [0.15, 0.2) is 24.3 Å². The zero-order chi connectivity index (χ0) is 14.3. The van der Waals surface area contributed by atoms with Gasteiger partial charge < -0.3 is 5.73 Å². The summed E-state index contributed by atoms with van der Waals surface area (Å²) in [5.41, 5.74) is 6.15. The Morgan fingerprint density at radius 1 is 1.26 bits per heavy atom. The fraction of sp³-hybridized carbons (Fsp3) is 0.600. The first-order valence-electron chi connectivity index (χ1n) is 6.66. The Balaban J connectivity index is 2.24. The molecule has 1 aliphatic carbocycles. The predicted octanol–water partition coefficient (Wildman–Crippen LogP) is 4.33. The summed E-state index contributed by atoms with van der Waals surface area (Å²) in [5.74, 6) is 0.544. The number of rotatable bonds is 1. The van der Waals surface area contributed by atoms with Crippen LogP contribution in [0.5, 0.6) is 0 Å². The second-order valence-electron chi connectivity index (χ2n) is 6.01. The minimum absolute atomic E-state index is 0.133. The molecule has 1 aromatic carbocycles. The first kappa shape index (κ1) is 14.4. The van der Waals surface area contributed by atoms with Gasteiger partial charge in [0.1, 0.15) is 0 Å². The van der Waals surface area contributed by atoms with E-state index in [0.717, 1.165) is 30.9 Å². The molecule has 2 rings (SSSR count). The number of halogens is 3. The largest absolute Gasteiger partial charge is 0.416 e. The van der Waals surface area contributed by atoms with E-state index in [4.69, 9.17) is 5.73 Å². The molecule has 2 N–H and O–H groups in total. The van der Waals surface area contributed by atoms with Crippen LogP contribution in [0.1, 0.15) is 50.2 Å². The van der Waals surface area contributed by atoms with Crippen molar-refractivity contribution in [3.8, 4) is 0 Å². The molecule has 0 aliphatic heterocycles. The minimum Gasteiger partial charge on any atom is -0.325 e. The third-order valence-electron chi connectivity index (χ3n) is 4.45. The first-order chi connectivity index (χ1) is 8.70. The maximum atomic E-state index is 12.7. The third-order valence-corrected chi connectivity index (χ3v) is 4.45. The average molecular weight is 271 g/mol. The first-order valence-corrected chi connectivity index (χ1v) is 6.66. The summed E-state index contributed by atoms with van der Waals surface area (Å²) in [5, 5.41) is 0. The molecule has 0 heterocycles. The molecule has 3 unspecified atom stereocenters. The zero-order valence-electron chi connectivity index (χ0n) is 11.3. The minimum atomic E-state index is -4.27. The maximum absolute atomic E-state index is 12.7. The van der Waals surface area contributed by atoms with Crippen molar-refractivity contribution in [2.24, 2.45) is 11.7 Å². The third kappa shape index (κ3) is 3.11. The molecule has 1 fully saturated rings. The van der Waals surface area contributed by atoms with Gasteiger partial charge in [-0.2, -0.15) is 13.2 Å². The molecule has 1 saturated carbocycles. The molecule has 0 spiro atoms. The summed E-state index contributed by atoms with van der Waals surface area (Å²) in [6.07, 6.45) is -1.65. The lowest BCUT2D eigenvalue weighted by Gasteiger charge is -2.40. The van der Waals surface area contributed by atoms with E-state index in [-0.39, 0.29) is 11.5 Å². The predicted molar refractivity (Wildman–Crippen MR) is 69.8 cm³/mol. The van der Waals surface area contributed by atoms with Crippen molar-refractivity contribution in [2.75, 3.05) is 0 Å². The molecular formula is C15H20F3N. The average Bonchev–Trinajstić information content (AvgIpc) is 2.32. The van der Waals surface area contributed by atoms with Gasteiger partial charge in [-0.3, -0.25) is 0 Å². The molecule has 1 aliphatic rings. The van der Waals surface area contributed by atoms with Crippen molar-refractivity contribution in [1.82, 2.24) is 0 Å². The van der Waals surface area contributed by atoms with Gasteiger partial charge in [-0.1, -0.05) is 25.1 Å². The van der Waals surface area contributed by atoms with Gasteiger partial charge in [-0.05, 0) is 49.7 Å². The summed E-state index contributed by atoms with van der Waals surface area (Å²) in [4.78, 5) is 0. The molecule has 4 heteroatoms. The Bertz CT molecular complexity index is 451. The van der Waals surface area contributed by atoms with E-state index in [1.165, 1.54) is 12.1 Å². The van der Waals surface area contributed by atoms with Crippen molar-refractivity contribution in [2.45, 2.75) is 50.7 Å². The summed E-state index contributed by atoms with van der Waals surface area (Å²) in [6, 6.07) is 5.67. The highest BCUT2D eigenvalue weighted by atomic mass is 19.4. The molecule has 0 radical (unpaired) electrons. The van der Waals surface area contributed by atoms with Gasteiger partial charge >= 0.3 is 6.18 Å². The Labute approximate surface area is 112 Å². The van der Waals surface area contributed by atoms with Crippen LogP contribution in [0.3, 0.4) is 0 Å². The van der Waals surface area contributed by atoms with Crippen LogP contribution < -0.4 is 5.73 Å². The van der Waals surface area contributed by atoms with Gasteiger partial charge in [0, 0.05) is 5.54 Å².